The summed E-state index contributed by atoms with van der Waals surface area (Å²) in [7, 11) is 0. The van der Waals surface area contributed by atoms with E-state index in [9.17, 15) is 19.1 Å². The molecule has 108 valence electrons. The highest BCUT2D eigenvalue weighted by Crippen LogP contribution is 2.24. The van der Waals surface area contributed by atoms with E-state index in [0.717, 1.165) is 12.1 Å². The molecule has 2 aromatic carbocycles. The van der Waals surface area contributed by atoms with Crippen molar-refractivity contribution in [2.24, 2.45) is 0 Å². The van der Waals surface area contributed by atoms with Crippen LogP contribution < -0.4 is 5.32 Å². The van der Waals surface area contributed by atoms with Gasteiger partial charge in [0.25, 0.3) is 5.91 Å². The first-order chi connectivity index (χ1) is 9.88. The summed E-state index contributed by atoms with van der Waals surface area (Å²) in [5, 5.41) is 20.3. The number of hydrogen-bond donors (Lipinski definition) is 3. The Balaban J connectivity index is 2.23. The van der Waals surface area contributed by atoms with Crippen LogP contribution in [0.25, 0.3) is 0 Å². The first-order valence-corrected chi connectivity index (χ1v) is 6.09. The van der Waals surface area contributed by atoms with Crippen LogP contribution in [0, 0.1) is 5.82 Å². The molecule has 0 atom stereocenters. The van der Waals surface area contributed by atoms with E-state index >= 15 is 0 Å². The van der Waals surface area contributed by atoms with Gasteiger partial charge in [-0.3, -0.25) is 4.79 Å². The van der Waals surface area contributed by atoms with Crippen molar-refractivity contribution in [1.82, 2.24) is 0 Å². The molecule has 0 aliphatic rings. The van der Waals surface area contributed by atoms with Gasteiger partial charge < -0.3 is 15.5 Å². The minimum absolute atomic E-state index is 0.00986. The minimum atomic E-state index is -1.27. The molecule has 0 aliphatic carbocycles. The molecular weight excluding hydrogens is 301 g/mol. The fourth-order valence-electron chi connectivity index (χ4n) is 1.59. The van der Waals surface area contributed by atoms with Crippen LogP contribution in [0.5, 0.6) is 5.75 Å². The number of rotatable bonds is 3. The number of aromatic carboxylic acids is 1. The van der Waals surface area contributed by atoms with Crippen LogP contribution in [0.1, 0.15) is 20.7 Å². The van der Waals surface area contributed by atoms with Crippen LogP contribution in [0.2, 0.25) is 5.02 Å². The molecule has 0 fully saturated rings. The van der Waals surface area contributed by atoms with Crippen LogP contribution in [0.4, 0.5) is 10.1 Å². The van der Waals surface area contributed by atoms with E-state index in [2.05, 4.69) is 5.32 Å². The molecule has 1 amide bonds. The number of carboxylic acids is 1. The molecule has 0 spiro atoms. The first kappa shape index (κ1) is 14.8. The lowest BCUT2D eigenvalue weighted by Crippen LogP contribution is -2.13. The molecule has 5 nitrogen and oxygen atoms in total. The Bertz CT molecular complexity index is 733. The molecule has 0 heterocycles. The van der Waals surface area contributed by atoms with E-state index in [1.54, 1.807) is 0 Å². The average Bonchev–Trinajstić information content (AvgIpc) is 2.43. The summed E-state index contributed by atoms with van der Waals surface area (Å²) in [6.45, 7) is 0. The van der Waals surface area contributed by atoms with Gasteiger partial charge in [0.05, 0.1) is 16.3 Å². The Hall–Kier alpha value is -2.60. The van der Waals surface area contributed by atoms with Crippen LogP contribution in [-0.4, -0.2) is 22.1 Å². The highest BCUT2D eigenvalue weighted by Gasteiger charge is 2.13. The van der Waals surface area contributed by atoms with Crippen molar-refractivity contribution in [3.8, 4) is 5.75 Å². The largest absolute Gasteiger partial charge is 0.506 e. The standard InChI is InChI=1S/C14H9ClFNO4/c15-9-5-7(2-4-12(9)18)13(19)17-11-3-1-8(14(20)21)6-10(11)16/h1-6,18H,(H,17,19)(H,20,21). The second-order valence-corrected chi connectivity index (χ2v) is 4.53. The number of nitrogens with one attached hydrogen (secondary N) is 1. The van der Waals surface area contributed by atoms with E-state index in [1.807, 2.05) is 0 Å². The molecule has 3 N–H and O–H groups in total. The van der Waals surface area contributed by atoms with Crippen molar-refractivity contribution in [2.45, 2.75) is 0 Å². The molecule has 2 rings (SSSR count). The molecule has 7 heteroatoms. The van der Waals surface area contributed by atoms with E-state index in [4.69, 9.17) is 16.7 Å². The zero-order chi connectivity index (χ0) is 15.6. The van der Waals surface area contributed by atoms with E-state index in [-0.39, 0.29) is 27.6 Å². The SMILES string of the molecule is O=C(O)c1ccc(NC(=O)c2ccc(O)c(Cl)c2)c(F)c1. The third kappa shape index (κ3) is 3.29. The number of halogens is 2. The highest BCUT2D eigenvalue weighted by molar-refractivity contribution is 6.32. The lowest BCUT2D eigenvalue weighted by molar-refractivity contribution is 0.0696. The second-order valence-electron chi connectivity index (χ2n) is 4.12. The highest BCUT2D eigenvalue weighted by atomic mass is 35.5. The van der Waals surface area contributed by atoms with E-state index in [1.165, 1.54) is 24.3 Å². The summed E-state index contributed by atoms with van der Waals surface area (Å²) in [5.41, 5.74) is -0.258. The number of anilines is 1. The quantitative estimate of drug-likeness (QED) is 0.813. The van der Waals surface area contributed by atoms with Crippen LogP contribution in [0.15, 0.2) is 36.4 Å². The van der Waals surface area contributed by atoms with Crippen molar-refractivity contribution in [2.75, 3.05) is 5.32 Å². The molecule has 0 unspecified atom stereocenters. The number of carboxylic acid groups (broad SMARTS) is 1. The minimum Gasteiger partial charge on any atom is -0.506 e. The van der Waals surface area contributed by atoms with Crippen molar-refractivity contribution in [1.29, 1.82) is 0 Å². The Morgan fingerprint density at radius 1 is 1.10 bits per heavy atom. The van der Waals surface area contributed by atoms with Crippen LogP contribution >= 0.6 is 11.6 Å². The molecule has 21 heavy (non-hydrogen) atoms. The zero-order valence-electron chi connectivity index (χ0n) is 10.4. The molecule has 0 radical (unpaired) electrons. The Morgan fingerprint density at radius 2 is 1.76 bits per heavy atom. The monoisotopic (exact) mass is 309 g/mol. The number of phenolic OH excluding ortho intramolecular Hbond substituents is 1. The van der Waals surface area contributed by atoms with E-state index in [0.29, 0.717) is 0 Å². The molecule has 2 aromatic rings. The number of phenols is 1. The summed E-state index contributed by atoms with van der Waals surface area (Å²) < 4.78 is 13.7. The molecular formula is C14H9ClFNO4. The maximum atomic E-state index is 13.7. The fraction of sp³-hybridized carbons (Fsp3) is 0. The molecule has 0 aliphatic heterocycles. The third-order valence-corrected chi connectivity index (χ3v) is 2.98. The topological polar surface area (TPSA) is 86.6 Å². The number of benzene rings is 2. The zero-order valence-corrected chi connectivity index (χ0v) is 11.2. The second kappa shape index (κ2) is 5.80. The van der Waals surface area contributed by atoms with Gasteiger partial charge in [0.2, 0.25) is 0 Å². The number of hydrogen-bond acceptors (Lipinski definition) is 3. The number of carbonyl (C=O) groups excluding carboxylic acids is 1. The number of carbonyl (C=O) groups is 2. The summed E-state index contributed by atoms with van der Waals surface area (Å²) in [6.07, 6.45) is 0. The predicted molar refractivity (Wildman–Crippen MR) is 74.4 cm³/mol. The van der Waals surface area contributed by atoms with Crippen molar-refractivity contribution in [3.63, 3.8) is 0 Å². The maximum absolute atomic E-state index is 13.7. The van der Waals surface area contributed by atoms with Gasteiger partial charge in [-0.2, -0.15) is 0 Å². The Morgan fingerprint density at radius 3 is 2.33 bits per heavy atom. The molecule has 0 saturated heterocycles. The fourth-order valence-corrected chi connectivity index (χ4v) is 1.77. The van der Waals surface area contributed by atoms with Gasteiger partial charge in [-0.05, 0) is 36.4 Å². The predicted octanol–water partition coefficient (Wildman–Crippen LogP) is 3.14. The Kier molecular flexibility index (Phi) is 4.09. The Labute approximate surface area is 123 Å². The van der Waals surface area contributed by atoms with Gasteiger partial charge in [-0.25, -0.2) is 9.18 Å². The number of aromatic hydroxyl groups is 1. The molecule has 0 saturated carbocycles. The third-order valence-electron chi connectivity index (χ3n) is 2.67. The summed E-state index contributed by atoms with van der Waals surface area (Å²) in [5.74, 6) is -2.95. The van der Waals surface area contributed by atoms with Crippen molar-refractivity contribution < 1.29 is 24.2 Å². The lowest BCUT2D eigenvalue weighted by atomic mass is 10.1. The first-order valence-electron chi connectivity index (χ1n) is 5.71. The normalized spacial score (nSPS) is 10.2. The summed E-state index contributed by atoms with van der Waals surface area (Å²) >= 11 is 5.68. The van der Waals surface area contributed by atoms with Crippen LogP contribution in [0.3, 0.4) is 0 Å². The van der Waals surface area contributed by atoms with Crippen LogP contribution in [-0.2, 0) is 0 Å². The lowest BCUT2D eigenvalue weighted by Gasteiger charge is -2.08. The van der Waals surface area contributed by atoms with E-state index < -0.39 is 17.7 Å². The molecule has 0 bridgehead atoms. The average molecular weight is 310 g/mol. The maximum Gasteiger partial charge on any atom is 0.335 e. The van der Waals surface area contributed by atoms with Crippen molar-refractivity contribution >= 4 is 29.2 Å². The molecule has 0 aromatic heterocycles. The van der Waals surface area contributed by atoms with Gasteiger partial charge in [-0.1, -0.05) is 11.6 Å². The van der Waals surface area contributed by atoms with Gasteiger partial charge in [0.1, 0.15) is 11.6 Å². The number of amides is 1. The summed E-state index contributed by atoms with van der Waals surface area (Å²) in [4.78, 5) is 22.6. The van der Waals surface area contributed by atoms with Crippen molar-refractivity contribution in [3.05, 3.63) is 58.4 Å². The smallest absolute Gasteiger partial charge is 0.335 e. The summed E-state index contributed by atoms with van der Waals surface area (Å²) in [6, 6.07) is 6.92. The van der Waals surface area contributed by atoms with Gasteiger partial charge in [0.15, 0.2) is 0 Å². The van der Waals surface area contributed by atoms with Gasteiger partial charge in [0, 0.05) is 5.56 Å². The van der Waals surface area contributed by atoms with Gasteiger partial charge >= 0.3 is 5.97 Å². The van der Waals surface area contributed by atoms with Gasteiger partial charge in [-0.15, -0.1) is 0 Å².